The number of methoxy groups -OCH3 is 1. The Morgan fingerprint density at radius 3 is 2.38 bits per heavy atom. The molecule has 2 bridgehead atoms. The number of hydrogen-bond acceptors (Lipinski definition) is 3. The lowest BCUT2D eigenvalue weighted by molar-refractivity contribution is 0.0825. The first-order valence-electron chi connectivity index (χ1n) is 9.48. The van der Waals surface area contributed by atoms with Crippen LogP contribution in [0.1, 0.15) is 41.6 Å². The summed E-state index contributed by atoms with van der Waals surface area (Å²) in [5, 5.41) is 3.25. The smallest absolute Gasteiger partial charge is 0.255 e. The van der Waals surface area contributed by atoms with Crippen LogP contribution in [-0.2, 0) is 6.54 Å². The number of hydrogen-bond donors (Lipinski definition) is 1. The number of rotatable bonds is 5. The van der Waals surface area contributed by atoms with Crippen LogP contribution >= 0.6 is 0 Å². The number of benzene rings is 2. The molecule has 0 saturated carbocycles. The Kier molecular flexibility index (Phi) is 4.93. The number of carbonyl (C=O) groups excluding carboxylic acids is 1. The third-order valence-electron chi connectivity index (χ3n) is 5.78. The summed E-state index contributed by atoms with van der Waals surface area (Å²) in [5.74, 6) is 0.609. The minimum absolute atomic E-state index is 0.0247. The Morgan fingerprint density at radius 1 is 1.04 bits per heavy atom. The molecule has 0 aromatic heterocycles. The number of piperidine rings is 1. The third-order valence-corrected chi connectivity index (χ3v) is 5.78. The molecule has 4 rings (SSSR count). The Labute approximate surface area is 155 Å². The molecule has 1 unspecified atom stereocenters. The SMILES string of the molecule is COc1ccccc1C(=O)NC1C[C@H]2CC[C@@H](C1)N2Cc1ccccc1. The van der Waals surface area contributed by atoms with Crippen LogP contribution in [-0.4, -0.2) is 36.0 Å². The quantitative estimate of drug-likeness (QED) is 0.895. The van der Waals surface area contributed by atoms with Gasteiger partial charge in [0.2, 0.25) is 0 Å². The van der Waals surface area contributed by atoms with Crippen molar-refractivity contribution in [2.24, 2.45) is 0 Å². The molecular weight excluding hydrogens is 324 g/mol. The van der Waals surface area contributed by atoms with Gasteiger partial charge in [-0.15, -0.1) is 0 Å². The Balaban J connectivity index is 1.40. The second kappa shape index (κ2) is 7.50. The molecule has 1 N–H and O–H groups in total. The van der Waals surface area contributed by atoms with Gasteiger partial charge in [-0.25, -0.2) is 0 Å². The lowest BCUT2D eigenvalue weighted by Crippen LogP contribution is -2.50. The van der Waals surface area contributed by atoms with Crippen LogP contribution in [0, 0.1) is 0 Å². The Hall–Kier alpha value is -2.33. The van der Waals surface area contributed by atoms with Gasteiger partial charge in [0.05, 0.1) is 12.7 Å². The first-order valence-corrected chi connectivity index (χ1v) is 9.48. The van der Waals surface area contributed by atoms with Crippen LogP contribution in [0.5, 0.6) is 5.75 Å². The van der Waals surface area contributed by atoms with Crippen molar-refractivity contribution in [2.45, 2.75) is 50.4 Å². The van der Waals surface area contributed by atoms with E-state index >= 15 is 0 Å². The fraction of sp³-hybridized carbons (Fsp3) is 0.409. The van der Waals surface area contributed by atoms with E-state index in [1.807, 2.05) is 24.3 Å². The highest BCUT2D eigenvalue weighted by molar-refractivity contribution is 5.97. The van der Waals surface area contributed by atoms with Gasteiger partial charge in [-0.1, -0.05) is 42.5 Å². The normalized spacial score (nSPS) is 25.0. The van der Waals surface area contributed by atoms with Crippen LogP contribution < -0.4 is 10.1 Å². The lowest BCUT2D eigenvalue weighted by Gasteiger charge is -2.39. The van der Waals surface area contributed by atoms with Crippen LogP contribution in [0.4, 0.5) is 0 Å². The van der Waals surface area contributed by atoms with Gasteiger partial charge in [-0.3, -0.25) is 9.69 Å². The number of nitrogens with one attached hydrogen (secondary N) is 1. The summed E-state index contributed by atoms with van der Waals surface area (Å²) in [6.45, 7) is 1.02. The Morgan fingerprint density at radius 2 is 1.69 bits per heavy atom. The zero-order valence-electron chi connectivity index (χ0n) is 15.2. The molecule has 2 aromatic carbocycles. The molecule has 4 heteroatoms. The molecule has 136 valence electrons. The average molecular weight is 350 g/mol. The standard InChI is InChI=1S/C22H26N2O2/c1-26-21-10-6-5-9-20(21)22(25)23-17-13-18-11-12-19(14-17)24(18)15-16-7-3-2-4-8-16/h2-10,17-19H,11-15H2,1H3,(H,23,25)/t17?,18-,19+. The summed E-state index contributed by atoms with van der Waals surface area (Å²) in [6.07, 6.45) is 4.53. The number of carbonyl (C=O) groups is 1. The van der Waals surface area contributed by atoms with E-state index in [-0.39, 0.29) is 11.9 Å². The first kappa shape index (κ1) is 17.1. The van der Waals surface area contributed by atoms with E-state index < -0.39 is 0 Å². The van der Waals surface area contributed by atoms with E-state index in [9.17, 15) is 4.79 Å². The zero-order valence-corrected chi connectivity index (χ0v) is 15.2. The number of para-hydroxylation sites is 1. The molecule has 2 aliphatic rings. The largest absolute Gasteiger partial charge is 0.496 e. The second-order valence-corrected chi connectivity index (χ2v) is 7.39. The topological polar surface area (TPSA) is 41.6 Å². The molecule has 0 aliphatic carbocycles. The molecule has 26 heavy (non-hydrogen) atoms. The maximum atomic E-state index is 12.7. The molecule has 2 saturated heterocycles. The van der Waals surface area contributed by atoms with Gasteiger partial charge < -0.3 is 10.1 Å². The summed E-state index contributed by atoms with van der Waals surface area (Å²) < 4.78 is 5.32. The molecule has 2 aliphatic heterocycles. The van der Waals surface area contributed by atoms with Crippen molar-refractivity contribution in [3.8, 4) is 5.75 Å². The molecule has 3 atom stereocenters. The van der Waals surface area contributed by atoms with Crippen molar-refractivity contribution in [1.29, 1.82) is 0 Å². The summed E-state index contributed by atoms with van der Waals surface area (Å²) in [7, 11) is 1.61. The van der Waals surface area contributed by atoms with Crippen LogP contribution in [0.15, 0.2) is 54.6 Å². The molecule has 2 heterocycles. The van der Waals surface area contributed by atoms with E-state index in [0.29, 0.717) is 23.4 Å². The first-order chi connectivity index (χ1) is 12.7. The highest BCUT2D eigenvalue weighted by atomic mass is 16.5. The molecule has 2 fully saturated rings. The fourth-order valence-electron chi connectivity index (χ4n) is 4.54. The third kappa shape index (κ3) is 3.47. The summed E-state index contributed by atoms with van der Waals surface area (Å²) in [6, 6.07) is 19.5. The van der Waals surface area contributed by atoms with Crippen molar-refractivity contribution in [1.82, 2.24) is 10.2 Å². The monoisotopic (exact) mass is 350 g/mol. The van der Waals surface area contributed by atoms with Crippen molar-refractivity contribution in [2.75, 3.05) is 7.11 Å². The van der Waals surface area contributed by atoms with Crippen LogP contribution in [0.25, 0.3) is 0 Å². The average Bonchev–Trinajstić information content (AvgIpc) is 2.90. The van der Waals surface area contributed by atoms with Gasteiger partial charge in [0.25, 0.3) is 5.91 Å². The van der Waals surface area contributed by atoms with Crippen LogP contribution in [0.2, 0.25) is 0 Å². The van der Waals surface area contributed by atoms with Crippen LogP contribution in [0.3, 0.4) is 0 Å². The Bertz CT molecular complexity index is 748. The molecule has 2 aromatic rings. The number of nitrogens with zero attached hydrogens (tertiary/aromatic N) is 1. The minimum atomic E-state index is -0.0247. The molecule has 4 nitrogen and oxygen atoms in total. The van der Waals surface area contributed by atoms with E-state index in [0.717, 1.165) is 19.4 Å². The van der Waals surface area contributed by atoms with Gasteiger partial charge in [0.15, 0.2) is 0 Å². The number of ether oxygens (including phenoxy) is 1. The predicted molar refractivity (Wildman–Crippen MR) is 102 cm³/mol. The van der Waals surface area contributed by atoms with Crippen molar-refractivity contribution in [3.63, 3.8) is 0 Å². The van der Waals surface area contributed by atoms with Gasteiger partial charge in [0.1, 0.15) is 5.75 Å². The van der Waals surface area contributed by atoms with Crippen molar-refractivity contribution >= 4 is 5.91 Å². The van der Waals surface area contributed by atoms with Gasteiger partial charge in [-0.2, -0.15) is 0 Å². The molecule has 0 spiro atoms. The maximum Gasteiger partial charge on any atom is 0.255 e. The highest BCUT2D eigenvalue weighted by Gasteiger charge is 2.41. The van der Waals surface area contributed by atoms with E-state index in [1.165, 1.54) is 18.4 Å². The second-order valence-electron chi connectivity index (χ2n) is 7.39. The molecule has 1 amide bonds. The van der Waals surface area contributed by atoms with E-state index in [4.69, 9.17) is 4.74 Å². The summed E-state index contributed by atoms with van der Waals surface area (Å²) >= 11 is 0. The zero-order chi connectivity index (χ0) is 17.9. The lowest BCUT2D eigenvalue weighted by atomic mass is 9.96. The van der Waals surface area contributed by atoms with Crippen molar-refractivity contribution in [3.05, 3.63) is 65.7 Å². The minimum Gasteiger partial charge on any atom is -0.496 e. The maximum absolute atomic E-state index is 12.7. The predicted octanol–water partition coefficient (Wildman–Crippen LogP) is 3.62. The van der Waals surface area contributed by atoms with Crippen molar-refractivity contribution < 1.29 is 9.53 Å². The summed E-state index contributed by atoms with van der Waals surface area (Å²) in [4.78, 5) is 15.3. The highest BCUT2D eigenvalue weighted by Crippen LogP contribution is 2.37. The summed E-state index contributed by atoms with van der Waals surface area (Å²) in [5.41, 5.74) is 2.00. The van der Waals surface area contributed by atoms with E-state index in [2.05, 4.69) is 40.5 Å². The number of amides is 1. The van der Waals surface area contributed by atoms with Gasteiger partial charge in [0, 0.05) is 24.7 Å². The number of fused-ring (bicyclic) bond motifs is 2. The molecular formula is C22H26N2O2. The van der Waals surface area contributed by atoms with Gasteiger partial charge >= 0.3 is 0 Å². The van der Waals surface area contributed by atoms with E-state index in [1.54, 1.807) is 7.11 Å². The molecule has 0 radical (unpaired) electrons. The van der Waals surface area contributed by atoms with Gasteiger partial charge in [-0.05, 0) is 43.4 Å². The fourth-order valence-corrected chi connectivity index (χ4v) is 4.54.